The van der Waals surface area contributed by atoms with Crippen molar-refractivity contribution in [2.24, 2.45) is 0 Å². The normalized spacial score (nSPS) is 11.0. The molecule has 0 saturated carbocycles. The smallest absolute Gasteiger partial charge is 0.254 e. The summed E-state index contributed by atoms with van der Waals surface area (Å²) < 4.78 is 11.1. The number of hydrogen-bond donors (Lipinski definition) is 0. The number of aryl methyl sites for hydroxylation is 1. The van der Waals surface area contributed by atoms with E-state index in [1.54, 1.807) is 14.2 Å². The molecule has 140 valence electrons. The third-order valence-corrected chi connectivity index (χ3v) is 4.45. The molecule has 0 aliphatic rings. The van der Waals surface area contributed by atoms with Gasteiger partial charge in [-0.3, -0.25) is 4.79 Å². The fraction of sp³-hybridized carbons (Fsp3) is 0.409. The van der Waals surface area contributed by atoms with Crippen molar-refractivity contribution in [3.63, 3.8) is 0 Å². The van der Waals surface area contributed by atoms with Crippen LogP contribution in [0.1, 0.15) is 43.6 Å². The number of benzene rings is 2. The van der Waals surface area contributed by atoms with Gasteiger partial charge in [0.05, 0.1) is 19.8 Å². The third-order valence-electron chi connectivity index (χ3n) is 4.45. The molecule has 0 saturated heterocycles. The van der Waals surface area contributed by atoms with Gasteiger partial charge in [0.1, 0.15) is 11.5 Å². The van der Waals surface area contributed by atoms with Crippen molar-refractivity contribution in [1.82, 2.24) is 4.90 Å². The number of rotatable bonds is 6. The highest BCUT2D eigenvalue weighted by atomic mass is 16.5. The number of carbonyl (C=O) groups excluding carboxylic acids is 1. The first-order valence-electron chi connectivity index (χ1n) is 8.96. The molecular formula is C22H29NO3. The van der Waals surface area contributed by atoms with E-state index in [4.69, 9.17) is 9.47 Å². The van der Waals surface area contributed by atoms with Crippen molar-refractivity contribution in [3.05, 3.63) is 47.5 Å². The van der Waals surface area contributed by atoms with Crippen LogP contribution in [0.2, 0.25) is 0 Å². The zero-order valence-corrected chi connectivity index (χ0v) is 16.8. The van der Waals surface area contributed by atoms with Gasteiger partial charge in [-0.15, -0.1) is 0 Å². The van der Waals surface area contributed by atoms with Gasteiger partial charge in [-0.05, 0) is 52.8 Å². The second kappa shape index (κ2) is 8.26. The minimum absolute atomic E-state index is 0.0120. The van der Waals surface area contributed by atoms with Gasteiger partial charge in [-0.25, -0.2) is 0 Å². The molecule has 26 heavy (non-hydrogen) atoms. The Morgan fingerprint density at radius 2 is 1.46 bits per heavy atom. The lowest BCUT2D eigenvalue weighted by Gasteiger charge is -2.31. The van der Waals surface area contributed by atoms with Crippen molar-refractivity contribution in [3.8, 4) is 22.6 Å². The molecule has 1 amide bonds. The molecule has 0 unspecified atom stereocenters. The van der Waals surface area contributed by atoms with Crippen LogP contribution >= 0.6 is 0 Å². The first-order chi connectivity index (χ1) is 12.3. The molecule has 2 aromatic carbocycles. The van der Waals surface area contributed by atoms with E-state index in [0.29, 0.717) is 17.1 Å². The SMILES string of the molecule is COc1cccc(OC)c1-c1cc(C)ccc1C(=O)N(C(C)C)C(C)C. The Hall–Kier alpha value is -2.49. The lowest BCUT2D eigenvalue weighted by Crippen LogP contribution is -2.42. The number of nitrogens with zero attached hydrogens (tertiary/aromatic N) is 1. The number of amides is 1. The van der Waals surface area contributed by atoms with Gasteiger partial charge in [-0.2, -0.15) is 0 Å². The summed E-state index contributed by atoms with van der Waals surface area (Å²) in [4.78, 5) is 15.3. The highest BCUT2D eigenvalue weighted by Gasteiger charge is 2.26. The molecule has 0 radical (unpaired) electrons. The molecule has 2 aromatic rings. The molecule has 0 N–H and O–H groups in total. The van der Waals surface area contributed by atoms with Crippen LogP contribution in [0.4, 0.5) is 0 Å². The first kappa shape index (κ1) is 19.8. The zero-order chi connectivity index (χ0) is 19.4. The molecule has 0 fully saturated rings. The quantitative estimate of drug-likeness (QED) is 0.737. The van der Waals surface area contributed by atoms with E-state index in [0.717, 1.165) is 16.7 Å². The summed E-state index contributed by atoms with van der Waals surface area (Å²) in [6.07, 6.45) is 0. The largest absolute Gasteiger partial charge is 0.496 e. The Balaban J connectivity index is 2.73. The monoisotopic (exact) mass is 355 g/mol. The van der Waals surface area contributed by atoms with Crippen LogP contribution < -0.4 is 9.47 Å². The van der Waals surface area contributed by atoms with Crippen LogP contribution in [0.25, 0.3) is 11.1 Å². The number of ether oxygens (including phenoxy) is 2. The van der Waals surface area contributed by atoms with Gasteiger partial charge >= 0.3 is 0 Å². The van der Waals surface area contributed by atoms with Crippen molar-refractivity contribution in [1.29, 1.82) is 0 Å². The van der Waals surface area contributed by atoms with Crippen molar-refractivity contribution in [2.75, 3.05) is 14.2 Å². The van der Waals surface area contributed by atoms with Crippen molar-refractivity contribution in [2.45, 2.75) is 46.7 Å². The third kappa shape index (κ3) is 3.85. The average Bonchev–Trinajstić information content (AvgIpc) is 2.59. The van der Waals surface area contributed by atoms with Gasteiger partial charge < -0.3 is 14.4 Å². The Morgan fingerprint density at radius 1 is 0.923 bits per heavy atom. The molecule has 0 aromatic heterocycles. The molecule has 0 heterocycles. The minimum Gasteiger partial charge on any atom is -0.496 e. The van der Waals surface area contributed by atoms with E-state index >= 15 is 0 Å². The van der Waals surface area contributed by atoms with Gasteiger partial charge in [-0.1, -0.05) is 23.8 Å². The molecule has 4 heteroatoms. The number of hydrogen-bond acceptors (Lipinski definition) is 3. The van der Waals surface area contributed by atoms with E-state index in [1.165, 1.54) is 0 Å². The Labute approximate surface area is 156 Å². The molecule has 0 atom stereocenters. The molecular weight excluding hydrogens is 326 g/mol. The lowest BCUT2D eigenvalue weighted by molar-refractivity contribution is 0.0644. The number of carbonyl (C=O) groups is 1. The van der Waals surface area contributed by atoms with E-state index < -0.39 is 0 Å². The fourth-order valence-corrected chi connectivity index (χ4v) is 3.37. The van der Waals surface area contributed by atoms with Crippen LogP contribution in [0.15, 0.2) is 36.4 Å². The van der Waals surface area contributed by atoms with Gasteiger partial charge in [0.25, 0.3) is 5.91 Å². The molecule has 2 rings (SSSR count). The minimum atomic E-state index is 0.0120. The summed E-state index contributed by atoms with van der Waals surface area (Å²) in [6, 6.07) is 11.8. The predicted molar refractivity (Wildman–Crippen MR) is 106 cm³/mol. The summed E-state index contributed by atoms with van der Waals surface area (Å²) in [5, 5.41) is 0. The first-order valence-corrected chi connectivity index (χ1v) is 8.96. The van der Waals surface area contributed by atoms with Gasteiger partial charge in [0.2, 0.25) is 0 Å². The Morgan fingerprint density at radius 3 is 1.92 bits per heavy atom. The zero-order valence-electron chi connectivity index (χ0n) is 16.8. The number of methoxy groups -OCH3 is 2. The topological polar surface area (TPSA) is 38.8 Å². The van der Waals surface area contributed by atoms with Gasteiger partial charge in [0.15, 0.2) is 0 Å². The summed E-state index contributed by atoms with van der Waals surface area (Å²) in [5.74, 6) is 1.38. The standard InChI is InChI=1S/C22H29NO3/c1-14(2)23(15(3)4)22(24)17-12-11-16(5)13-18(17)21-19(25-6)9-8-10-20(21)26-7/h8-15H,1-7H3. The summed E-state index contributed by atoms with van der Waals surface area (Å²) in [5.41, 5.74) is 3.36. The summed E-state index contributed by atoms with van der Waals surface area (Å²) in [6.45, 7) is 10.2. The van der Waals surface area contributed by atoms with Crippen LogP contribution in [0.5, 0.6) is 11.5 Å². The maximum Gasteiger partial charge on any atom is 0.254 e. The van der Waals surface area contributed by atoms with Gasteiger partial charge in [0, 0.05) is 23.2 Å². The van der Waals surface area contributed by atoms with Crippen LogP contribution in [0, 0.1) is 6.92 Å². The molecule has 4 nitrogen and oxygen atoms in total. The highest BCUT2D eigenvalue weighted by Crippen LogP contribution is 2.40. The average molecular weight is 355 g/mol. The summed E-state index contributed by atoms with van der Waals surface area (Å²) >= 11 is 0. The van der Waals surface area contributed by atoms with E-state index in [1.807, 2.05) is 75.9 Å². The maximum absolute atomic E-state index is 13.4. The van der Waals surface area contributed by atoms with Crippen LogP contribution in [-0.2, 0) is 0 Å². The Kier molecular flexibility index (Phi) is 6.30. The predicted octanol–water partition coefficient (Wildman–Crippen LogP) is 4.94. The van der Waals surface area contributed by atoms with E-state index in [9.17, 15) is 4.79 Å². The van der Waals surface area contributed by atoms with Crippen LogP contribution in [-0.4, -0.2) is 37.1 Å². The molecule has 0 aliphatic carbocycles. The lowest BCUT2D eigenvalue weighted by atomic mass is 9.94. The second-order valence-electron chi connectivity index (χ2n) is 6.99. The van der Waals surface area contributed by atoms with E-state index in [2.05, 4.69) is 0 Å². The van der Waals surface area contributed by atoms with Crippen molar-refractivity contribution < 1.29 is 14.3 Å². The maximum atomic E-state index is 13.4. The van der Waals surface area contributed by atoms with E-state index in [-0.39, 0.29) is 18.0 Å². The second-order valence-corrected chi connectivity index (χ2v) is 6.99. The molecule has 0 aliphatic heterocycles. The fourth-order valence-electron chi connectivity index (χ4n) is 3.37. The van der Waals surface area contributed by atoms with Crippen LogP contribution in [0.3, 0.4) is 0 Å². The highest BCUT2D eigenvalue weighted by molar-refractivity contribution is 6.02. The molecule has 0 spiro atoms. The molecule has 0 bridgehead atoms. The van der Waals surface area contributed by atoms with Crippen molar-refractivity contribution >= 4 is 5.91 Å². The summed E-state index contributed by atoms with van der Waals surface area (Å²) in [7, 11) is 3.26. The Bertz CT molecular complexity index is 751.